The van der Waals surface area contributed by atoms with E-state index in [1.807, 2.05) is 0 Å². The van der Waals surface area contributed by atoms with Crippen LogP contribution in [-0.4, -0.2) is 0 Å². The molecule has 0 radical (unpaired) electrons. The van der Waals surface area contributed by atoms with Crippen molar-refractivity contribution in [3.05, 3.63) is 0 Å². The molecule has 0 heterocycles. The standard InChI is InChI=1S/C136H6/c1-3-5-7-9-11-13-15-17-19-21-23-25-27-29-31-33-35-37-39-41-43-45-47-49-51-53-55-57-59-61-63-65-67-69-71-73-75-77-79-81-83-85-87-89-91-93-95-97-99-101-103-105-107-109-111-113-115-117-119-121-123-125-127-129-131-133-135-136-134-132-130-128-126-124-122-120-118-116-114-112-110-108-106-104-102-100-98-96-94-92-90-88-86-84-82-80-78-76-74-72-70-68-66-64-62-60-58-56-54-52-50-48-46-44-42-40-38-36-34-32-30-28-26-24-22-20-18-16-14-12-10-8-6-4-2/h1-2H3. The Hall–Kier alpha value is -29.5. The fourth-order valence-electron chi connectivity index (χ4n) is 4.19. The summed E-state index contributed by atoms with van der Waals surface area (Å²) in [7, 11) is 0. The van der Waals surface area contributed by atoms with E-state index in [1.165, 1.54) is 0 Å². The number of hydrogen-bond acceptors (Lipinski definition) is 0. The third-order valence-electron chi connectivity index (χ3n) is 8.44. The smallest absolute Gasteiger partial charge is 0 e. The van der Waals surface area contributed by atoms with Gasteiger partial charge in [-0.05, 0) is 109 Å². The lowest BCUT2D eigenvalue weighted by Crippen LogP contribution is -1.57. The van der Waals surface area contributed by atoms with Crippen LogP contribution in [0.25, 0.3) is 0 Å². The van der Waals surface area contributed by atoms with Gasteiger partial charge in [0.1, 0.15) is 0 Å². The van der Waals surface area contributed by atoms with Crippen LogP contribution in [0.5, 0.6) is 0 Å². The highest BCUT2D eigenvalue weighted by Gasteiger charge is 1.71. The lowest BCUT2D eigenvalue weighted by molar-refractivity contribution is 1.92. The van der Waals surface area contributed by atoms with Crippen molar-refractivity contribution in [2.24, 2.45) is 0 Å². The summed E-state index contributed by atoms with van der Waals surface area (Å²) in [6.45, 7) is 3.36. The molecule has 0 aliphatic heterocycles. The van der Waals surface area contributed by atoms with Crippen LogP contribution in [0.1, 0.15) is 13.8 Å². The minimum Gasteiger partial charge on any atom is -0.0925 e. The molecular weight excluding hydrogens is 1630 g/mol. The zero-order valence-electron chi connectivity index (χ0n) is 69.0. The summed E-state index contributed by atoms with van der Waals surface area (Å²) in [6, 6.07) is 0. The molecule has 136 heavy (non-hydrogen) atoms. The molecule has 0 spiro atoms. The Morgan fingerprint density at radius 2 is 0.0588 bits per heavy atom. The van der Waals surface area contributed by atoms with E-state index >= 15 is 0 Å². The highest BCUT2D eigenvalue weighted by atomic mass is 13.7. The lowest BCUT2D eigenvalue weighted by atomic mass is 10.4. The third kappa shape index (κ3) is 105. The molecule has 0 saturated heterocycles. The van der Waals surface area contributed by atoms with Crippen LogP contribution in [0, 0.1) is 793 Å². The normalized spacial score (nSPS) is 3.99. The molecule has 0 aromatic rings. The molecule has 0 aromatic carbocycles. The summed E-state index contributed by atoms with van der Waals surface area (Å²) < 4.78 is 0. The topological polar surface area (TPSA) is 0 Å². The predicted octanol–water partition coefficient (Wildman–Crippen LogP) is 1.25. The van der Waals surface area contributed by atoms with Crippen LogP contribution >= 0.6 is 0 Å². The second-order valence-corrected chi connectivity index (χ2v) is 17.0. The molecule has 0 amide bonds. The molecule has 0 aromatic heterocycles. The molecule has 0 unspecified atom stereocenters. The minimum atomic E-state index is 1.68. The van der Waals surface area contributed by atoms with Crippen LogP contribution in [-0.2, 0) is 0 Å². The molecule has 0 aliphatic rings. The van der Waals surface area contributed by atoms with Gasteiger partial charge in [-0.3, -0.25) is 0 Å². The van der Waals surface area contributed by atoms with Crippen LogP contribution in [0.3, 0.4) is 0 Å². The molecule has 0 atom stereocenters. The van der Waals surface area contributed by atoms with Gasteiger partial charge < -0.3 is 0 Å². The van der Waals surface area contributed by atoms with E-state index in [-0.39, 0.29) is 0 Å². The quantitative estimate of drug-likeness (QED) is 0.321. The summed E-state index contributed by atoms with van der Waals surface area (Å²) in [5.74, 6) is 336. The lowest BCUT2D eigenvalue weighted by Gasteiger charge is -1.58. The van der Waals surface area contributed by atoms with Crippen molar-refractivity contribution in [1.29, 1.82) is 0 Å². The highest BCUT2D eigenvalue weighted by molar-refractivity contribution is 5.59. The molecule has 0 fully saturated rings. The fourth-order valence-corrected chi connectivity index (χ4v) is 4.19. The van der Waals surface area contributed by atoms with Gasteiger partial charge in [0.15, 0.2) is 0 Å². The van der Waals surface area contributed by atoms with Gasteiger partial charge in [0.2, 0.25) is 0 Å². The van der Waals surface area contributed by atoms with Gasteiger partial charge in [0, 0.05) is 687 Å². The maximum Gasteiger partial charge on any atom is 0 e. The largest absolute Gasteiger partial charge is 0.0925 e. The summed E-state index contributed by atoms with van der Waals surface area (Å²) in [5.41, 5.74) is 0. The summed E-state index contributed by atoms with van der Waals surface area (Å²) >= 11 is 0. The molecule has 0 aliphatic carbocycles. The van der Waals surface area contributed by atoms with Crippen molar-refractivity contribution < 1.29 is 0 Å². The monoisotopic (exact) mass is 1640 g/mol. The Labute approximate surface area is 801 Å². The number of rotatable bonds is 0. The summed E-state index contributed by atoms with van der Waals surface area (Å²) in [5, 5.41) is 0. The van der Waals surface area contributed by atoms with Crippen LogP contribution in [0.4, 0.5) is 0 Å². The first-order valence-corrected chi connectivity index (χ1v) is 34.2. The molecule has 550 valence electrons. The van der Waals surface area contributed by atoms with Crippen molar-refractivity contribution in [3.8, 4) is 793 Å². The molecule has 0 saturated carbocycles. The first-order chi connectivity index (χ1) is 67.9. The number of hydrogen-bond donors (Lipinski definition) is 0. The first kappa shape index (κ1) is 107. The maximum absolute atomic E-state index is 2.63. The van der Waals surface area contributed by atoms with Crippen molar-refractivity contribution in [2.75, 3.05) is 0 Å². The van der Waals surface area contributed by atoms with Crippen LogP contribution in [0.15, 0.2) is 0 Å². The van der Waals surface area contributed by atoms with Crippen molar-refractivity contribution in [3.63, 3.8) is 0 Å². The van der Waals surface area contributed by atoms with Gasteiger partial charge in [0.25, 0.3) is 0 Å². The average Bonchev–Trinajstić information content (AvgIpc) is 1.10. The van der Waals surface area contributed by atoms with E-state index in [4.69, 9.17) is 0 Å². The summed E-state index contributed by atoms with van der Waals surface area (Å²) in [4.78, 5) is 0. The van der Waals surface area contributed by atoms with Gasteiger partial charge in [-0.25, -0.2) is 0 Å². The van der Waals surface area contributed by atoms with Crippen molar-refractivity contribution in [1.82, 2.24) is 0 Å². The summed E-state index contributed by atoms with van der Waals surface area (Å²) in [6.07, 6.45) is 0. The SMILES string of the molecule is CC#CC#CC#CC#CC#CC#CC#CC#CC#CC#CC#CC#CC#CC#CC#CC#CC#CC#CC#CC#CC#CC#CC#CC#CC#CC#CC#CC#CC#CC#CC#CC#CC#CC#CC#CC#CC#CC#CC#CC#CC#CC#CC#CC#CC#CC#CC#CC#CC#CC#CC#CC#CC#CC#CC#CC#CC#CC#CC#CC#CC#CC#CC#CC#CC#CC#CC#CC. The first-order valence-electron chi connectivity index (χ1n) is 34.2. The minimum absolute atomic E-state index is 1.68. The average molecular weight is 1640 g/mol. The predicted molar refractivity (Wildman–Crippen MR) is 532 cm³/mol. The fraction of sp³-hybridized carbons (Fsp3) is 0.0147. The van der Waals surface area contributed by atoms with E-state index in [0.717, 1.165) is 0 Å². The van der Waals surface area contributed by atoms with Crippen LogP contribution < -0.4 is 0 Å². The van der Waals surface area contributed by atoms with Gasteiger partial charge in [-0.2, -0.15) is 0 Å². The Balaban J connectivity index is 4.66. The molecular formula is C136H6. The molecule has 0 heteroatoms. The van der Waals surface area contributed by atoms with E-state index in [0.29, 0.717) is 0 Å². The zero-order valence-corrected chi connectivity index (χ0v) is 69.0. The van der Waals surface area contributed by atoms with E-state index in [2.05, 4.69) is 793 Å². The second-order valence-electron chi connectivity index (χ2n) is 17.0. The molecule has 0 rings (SSSR count). The van der Waals surface area contributed by atoms with Gasteiger partial charge in [-0.15, -0.1) is 0 Å². The Kier molecular flexibility index (Phi) is 82.6. The molecule has 0 nitrogen and oxygen atoms in total. The van der Waals surface area contributed by atoms with Crippen molar-refractivity contribution in [2.45, 2.75) is 13.8 Å². The molecule has 0 bridgehead atoms. The Morgan fingerprint density at radius 3 is 0.0809 bits per heavy atom. The van der Waals surface area contributed by atoms with E-state index < -0.39 is 0 Å². The Bertz CT molecular complexity index is 8940. The highest BCUT2D eigenvalue weighted by Crippen LogP contribution is 1.71. The second kappa shape index (κ2) is 106. The third-order valence-corrected chi connectivity index (χ3v) is 8.44. The van der Waals surface area contributed by atoms with E-state index in [9.17, 15) is 0 Å². The molecule has 0 N–H and O–H groups in total. The Morgan fingerprint density at radius 1 is 0.0368 bits per heavy atom. The zero-order chi connectivity index (χ0) is 96.8. The maximum atomic E-state index is 2.63. The van der Waals surface area contributed by atoms with Gasteiger partial charge in [-0.1, -0.05) is 11.8 Å². The van der Waals surface area contributed by atoms with Gasteiger partial charge >= 0.3 is 0 Å². The van der Waals surface area contributed by atoms with E-state index in [1.54, 1.807) is 13.8 Å². The van der Waals surface area contributed by atoms with Crippen LogP contribution in [0.2, 0.25) is 0 Å². The van der Waals surface area contributed by atoms with Crippen molar-refractivity contribution >= 4 is 0 Å². The van der Waals surface area contributed by atoms with Gasteiger partial charge in [0.05, 0.1) is 0 Å².